The van der Waals surface area contributed by atoms with E-state index >= 15 is 0 Å². The Kier molecular flexibility index (Phi) is 8.11. The average Bonchev–Trinajstić information content (AvgIpc) is 3.04. The molecule has 1 aliphatic rings. The Morgan fingerprint density at radius 1 is 1.05 bits per heavy atom. The number of amides is 1. The molecule has 0 fully saturated rings. The van der Waals surface area contributed by atoms with Gasteiger partial charge >= 0.3 is 0 Å². The van der Waals surface area contributed by atoms with E-state index in [-0.39, 0.29) is 23.0 Å². The first-order valence-corrected chi connectivity index (χ1v) is 13.7. The molecule has 3 aromatic carbocycles. The van der Waals surface area contributed by atoms with Gasteiger partial charge in [-0.25, -0.2) is 12.8 Å². The number of carbonyl (C=O) groups excluding carboxylic acids is 1. The molecule has 1 amide bonds. The van der Waals surface area contributed by atoms with Crippen molar-refractivity contribution < 1.29 is 31.8 Å². The van der Waals surface area contributed by atoms with E-state index in [1.165, 1.54) is 12.1 Å². The molecule has 1 N–H and O–H groups in total. The van der Waals surface area contributed by atoms with Gasteiger partial charge in [0.05, 0.1) is 19.1 Å². The average molecular weight is 543 g/mol. The smallest absolute Gasteiger partial charge is 0.263 e. The van der Waals surface area contributed by atoms with E-state index in [4.69, 9.17) is 14.2 Å². The molecule has 0 aromatic heterocycles. The van der Waals surface area contributed by atoms with Crippen molar-refractivity contribution in [3.05, 3.63) is 77.1 Å². The van der Waals surface area contributed by atoms with Crippen LogP contribution in [0.25, 0.3) is 0 Å². The predicted octanol–water partition coefficient (Wildman–Crippen LogP) is 4.69. The fraction of sp³-hybridized carbons (Fsp3) is 0.321. The first-order chi connectivity index (χ1) is 18.1. The summed E-state index contributed by atoms with van der Waals surface area (Å²) < 4.78 is 58.9. The van der Waals surface area contributed by atoms with E-state index in [2.05, 4.69) is 4.72 Å². The Balaban J connectivity index is 1.56. The summed E-state index contributed by atoms with van der Waals surface area (Å²) in [6, 6.07) is 14.3. The normalized spacial score (nSPS) is 15.3. The Morgan fingerprint density at radius 2 is 1.82 bits per heavy atom. The van der Waals surface area contributed by atoms with Gasteiger partial charge in [-0.15, -0.1) is 0 Å². The largest absolute Gasteiger partial charge is 0.493 e. The highest BCUT2D eigenvalue weighted by molar-refractivity contribution is 7.92. The molecule has 1 aliphatic heterocycles. The minimum Gasteiger partial charge on any atom is -0.493 e. The molecule has 0 aliphatic carbocycles. The summed E-state index contributed by atoms with van der Waals surface area (Å²) in [6.45, 7) is 4.11. The monoisotopic (exact) mass is 542 g/mol. The van der Waals surface area contributed by atoms with Gasteiger partial charge in [0, 0.05) is 24.3 Å². The predicted molar refractivity (Wildman–Crippen MR) is 142 cm³/mol. The lowest BCUT2D eigenvalue weighted by Gasteiger charge is -2.23. The Morgan fingerprint density at radius 3 is 2.50 bits per heavy atom. The van der Waals surface area contributed by atoms with Crippen LogP contribution in [0.15, 0.2) is 59.5 Å². The van der Waals surface area contributed by atoms with Gasteiger partial charge in [0.1, 0.15) is 11.6 Å². The van der Waals surface area contributed by atoms with Crippen molar-refractivity contribution in [2.24, 2.45) is 0 Å². The molecule has 38 heavy (non-hydrogen) atoms. The van der Waals surface area contributed by atoms with Crippen molar-refractivity contribution in [1.82, 2.24) is 4.90 Å². The van der Waals surface area contributed by atoms with Crippen LogP contribution in [0.2, 0.25) is 0 Å². The van der Waals surface area contributed by atoms with Crippen molar-refractivity contribution in [3.8, 4) is 17.2 Å². The second kappa shape index (κ2) is 11.3. The molecular weight excluding hydrogens is 511 g/mol. The lowest BCUT2D eigenvalue weighted by atomic mass is 10.1. The fourth-order valence-corrected chi connectivity index (χ4v) is 5.34. The molecule has 202 valence electrons. The highest BCUT2D eigenvalue weighted by Gasteiger charge is 2.30. The number of nitrogens with zero attached hydrogens (tertiary/aromatic N) is 1. The van der Waals surface area contributed by atoms with Gasteiger partial charge in [-0.2, -0.15) is 0 Å². The molecule has 8 nitrogen and oxygen atoms in total. The zero-order valence-corrected chi connectivity index (χ0v) is 22.6. The molecule has 0 radical (unpaired) electrons. The summed E-state index contributed by atoms with van der Waals surface area (Å²) in [5, 5.41) is 0. The van der Waals surface area contributed by atoms with Crippen LogP contribution in [0.3, 0.4) is 0 Å². The molecule has 1 heterocycles. The van der Waals surface area contributed by atoms with Gasteiger partial charge in [-0.1, -0.05) is 19.1 Å². The number of methoxy groups -OCH3 is 2. The first kappa shape index (κ1) is 27.3. The molecule has 0 saturated heterocycles. The van der Waals surface area contributed by atoms with E-state index in [1.54, 1.807) is 44.2 Å². The number of halogens is 1. The van der Waals surface area contributed by atoms with Crippen LogP contribution in [-0.2, 0) is 27.8 Å². The van der Waals surface area contributed by atoms with Gasteiger partial charge in [-0.05, 0) is 73.4 Å². The Labute approximate surface area is 222 Å². The number of anilines is 1. The zero-order chi connectivity index (χ0) is 27.4. The number of hydrogen-bond donors (Lipinski definition) is 1. The van der Waals surface area contributed by atoms with Crippen LogP contribution in [0.1, 0.15) is 30.0 Å². The van der Waals surface area contributed by atoms with Crippen molar-refractivity contribution >= 4 is 21.6 Å². The second-order valence-corrected chi connectivity index (χ2v) is 10.7. The zero-order valence-electron chi connectivity index (χ0n) is 21.8. The lowest BCUT2D eigenvalue weighted by Crippen LogP contribution is -2.40. The highest BCUT2D eigenvalue weighted by Crippen LogP contribution is 2.31. The lowest BCUT2D eigenvalue weighted by molar-refractivity contribution is -0.138. The summed E-state index contributed by atoms with van der Waals surface area (Å²) in [7, 11) is -0.877. The minimum absolute atomic E-state index is 0.138. The van der Waals surface area contributed by atoms with Gasteiger partial charge in [0.15, 0.2) is 17.6 Å². The topological polar surface area (TPSA) is 94.2 Å². The number of aryl methyl sites for hydroxylation is 1. The number of sulfonamides is 1. The summed E-state index contributed by atoms with van der Waals surface area (Å²) >= 11 is 0. The fourth-order valence-electron chi connectivity index (χ4n) is 4.27. The number of ether oxygens (including phenoxy) is 3. The number of fused-ring (bicyclic) bond motifs is 1. The number of hydrogen-bond acceptors (Lipinski definition) is 6. The van der Waals surface area contributed by atoms with Gasteiger partial charge in [-0.3, -0.25) is 9.52 Å². The summed E-state index contributed by atoms with van der Waals surface area (Å²) in [4.78, 5) is 14.8. The standard InChI is InChI=1S/C28H31FN2O6S/c1-5-24-28(32)31(13-12-19-7-10-26(35-3)27(14-19)36-4)17-20-15-21(8-11-25(20)37-24)30-38(33,34)22-9-6-18(2)23(29)16-22/h6-11,14-16,24,30H,5,12-13,17H2,1-4H3. The van der Waals surface area contributed by atoms with Crippen LogP contribution in [-0.4, -0.2) is 46.1 Å². The third-order valence-electron chi connectivity index (χ3n) is 6.47. The Hall–Kier alpha value is -3.79. The van der Waals surface area contributed by atoms with Crippen molar-refractivity contribution in [2.75, 3.05) is 25.5 Å². The van der Waals surface area contributed by atoms with Crippen LogP contribution in [0.4, 0.5) is 10.1 Å². The van der Waals surface area contributed by atoms with Crippen LogP contribution >= 0.6 is 0 Å². The van der Waals surface area contributed by atoms with Crippen LogP contribution in [0.5, 0.6) is 17.2 Å². The number of rotatable bonds is 9. The number of nitrogens with one attached hydrogen (secondary N) is 1. The SMILES string of the molecule is CCC1Oc2ccc(NS(=O)(=O)c3ccc(C)c(F)c3)cc2CN(CCc2ccc(OC)c(OC)c2)C1=O. The van der Waals surface area contributed by atoms with E-state index < -0.39 is 21.9 Å². The van der Waals surface area contributed by atoms with Gasteiger partial charge < -0.3 is 19.1 Å². The number of carbonyl (C=O) groups is 1. The molecule has 1 atom stereocenters. The molecule has 0 saturated carbocycles. The van der Waals surface area contributed by atoms with Crippen molar-refractivity contribution in [3.63, 3.8) is 0 Å². The maximum absolute atomic E-state index is 14.0. The highest BCUT2D eigenvalue weighted by atomic mass is 32.2. The minimum atomic E-state index is -4.02. The van der Waals surface area contributed by atoms with E-state index in [1.807, 2.05) is 25.1 Å². The third kappa shape index (κ3) is 5.85. The van der Waals surface area contributed by atoms with Crippen molar-refractivity contribution in [2.45, 2.75) is 44.2 Å². The molecule has 3 aromatic rings. The summed E-state index contributed by atoms with van der Waals surface area (Å²) in [5.41, 5.74) is 2.28. The molecule has 0 spiro atoms. The van der Waals surface area contributed by atoms with E-state index in [0.717, 1.165) is 11.6 Å². The molecule has 10 heteroatoms. The van der Waals surface area contributed by atoms with Crippen LogP contribution in [0, 0.1) is 12.7 Å². The van der Waals surface area contributed by atoms with Gasteiger partial charge in [0.25, 0.3) is 15.9 Å². The van der Waals surface area contributed by atoms with Gasteiger partial charge in [0.2, 0.25) is 0 Å². The van der Waals surface area contributed by atoms with E-state index in [9.17, 15) is 17.6 Å². The van der Waals surface area contributed by atoms with Crippen LogP contribution < -0.4 is 18.9 Å². The Bertz CT molecular complexity index is 1440. The first-order valence-electron chi connectivity index (χ1n) is 12.2. The van der Waals surface area contributed by atoms with Crippen molar-refractivity contribution in [1.29, 1.82) is 0 Å². The summed E-state index contributed by atoms with van der Waals surface area (Å²) in [5.74, 6) is 1.01. The number of benzene rings is 3. The third-order valence-corrected chi connectivity index (χ3v) is 7.85. The summed E-state index contributed by atoms with van der Waals surface area (Å²) in [6.07, 6.45) is 0.404. The molecule has 1 unspecified atom stereocenters. The molecule has 0 bridgehead atoms. The molecular formula is C28H31FN2O6S. The quantitative estimate of drug-likeness (QED) is 0.422. The molecule has 4 rings (SSSR count). The second-order valence-electron chi connectivity index (χ2n) is 9.05. The maximum atomic E-state index is 14.0. The van der Waals surface area contributed by atoms with E-state index in [0.29, 0.717) is 47.8 Å². The maximum Gasteiger partial charge on any atom is 0.263 e.